The van der Waals surface area contributed by atoms with Crippen LogP contribution in [0.3, 0.4) is 0 Å². The van der Waals surface area contributed by atoms with Gasteiger partial charge >= 0.3 is 0 Å². The van der Waals surface area contributed by atoms with E-state index in [1.807, 2.05) is 49.4 Å². The van der Waals surface area contributed by atoms with Crippen molar-refractivity contribution in [3.05, 3.63) is 60.2 Å². The van der Waals surface area contributed by atoms with Crippen LogP contribution >= 0.6 is 0 Å². The van der Waals surface area contributed by atoms with E-state index in [4.69, 9.17) is 5.21 Å². The van der Waals surface area contributed by atoms with E-state index in [1.54, 1.807) is 5.48 Å². The summed E-state index contributed by atoms with van der Waals surface area (Å²) in [7, 11) is 0. The van der Waals surface area contributed by atoms with E-state index in [1.165, 1.54) is 6.92 Å². The molecule has 2 aromatic carbocycles. The molecule has 0 heterocycles. The summed E-state index contributed by atoms with van der Waals surface area (Å²) in [5.74, 6) is -0.649. The molecule has 2 aromatic rings. The van der Waals surface area contributed by atoms with Crippen molar-refractivity contribution < 1.29 is 15.1 Å². The molecule has 0 fully saturated rings. The van der Waals surface area contributed by atoms with Gasteiger partial charge in [-0.2, -0.15) is 0 Å². The molecule has 0 aromatic heterocycles. The maximum atomic E-state index is 11.7. The Morgan fingerprint density at radius 2 is 1.60 bits per heavy atom. The first-order chi connectivity index (χ1) is 11.6. The molecule has 0 radical (unpaired) electrons. The van der Waals surface area contributed by atoms with Crippen molar-refractivity contribution in [2.75, 3.05) is 0 Å². The molecule has 2 rings (SSSR count). The van der Waals surface area contributed by atoms with Crippen LogP contribution in [0.4, 0.5) is 0 Å². The second-order valence-electron chi connectivity index (χ2n) is 5.81. The van der Waals surface area contributed by atoms with Crippen LogP contribution in [0, 0.1) is 0 Å². The van der Waals surface area contributed by atoms with Crippen LogP contribution in [0.1, 0.15) is 39.3 Å². The molecule has 3 atom stereocenters. The van der Waals surface area contributed by atoms with E-state index >= 15 is 0 Å². The summed E-state index contributed by atoms with van der Waals surface area (Å²) in [6, 6.07) is 17.2. The van der Waals surface area contributed by atoms with E-state index in [2.05, 4.69) is 17.4 Å². The first-order valence-electron chi connectivity index (χ1n) is 8.10. The molecule has 0 bridgehead atoms. The number of aliphatic hydroxyl groups is 1. The minimum Gasteiger partial charge on any atom is -0.391 e. The number of aliphatic hydroxyl groups excluding tert-OH is 1. The smallest absolute Gasteiger partial charge is 0.263 e. The third kappa shape index (κ3) is 5.39. The van der Waals surface area contributed by atoms with Gasteiger partial charge in [-0.15, -0.1) is 0 Å². The molecular formula is C20H28N2O3. The molecule has 5 heteroatoms. The summed E-state index contributed by atoms with van der Waals surface area (Å²) in [6.45, 7) is 3.51. The average Bonchev–Trinajstić information content (AvgIpc) is 2.63. The Morgan fingerprint density at radius 3 is 2.08 bits per heavy atom. The molecule has 4 N–H and O–H groups in total. The Balaban J connectivity index is 0.00000312. The van der Waals surface area contributed by atoms with Crippen molar-refractivity contribution in [1.82, 2.24) is 10.8 Å². The fourth-order valence-electron chi connectivity index (χ4n) is 2.71. The Hall–Kier alpha value is -2.21. The largest absolute Gasteiger partial charge is 0.391 e. The third-order valence-corrected chi connectivity index (χ3v) is 4.08. The lowest BCUT2D eigenvalue weighted by Crippen LogP contribution is -2.50. The zero-order valence-corrected chi connectivity index (χ0v) is 13.9. The van der Waals surface area contributed by atoms with Crippen LogP contribution in [-0.4, -0.2) is 28.4 Å². The van der Waals surface area contributed by atoms with Crippen LogP contribution in [-0.2, 0) is 4.79 Å². The lowest BCUT2D eigenvalue weighted by molar-refractivity contribution is -0.134. The van der Waals surface area contributed by atoms with Crippen molar-refractivity contribution in [3.63, 3.8) is 0 Å². The van der Waals surface area contributed by atoms with Gasteiger partial charge in [0.2, 0.25) is 0 Å². The molecular weight excluding hydrogens is 316 g/mol. The number of hydrogen-bond acceptors (Lipinski definition) is 4. The fraction of sp³-hybridized carbons (Fsp3) is 0.350. The van der Waals surface area contributed by atoms with Gasteiger partial charge in [0.05, 0.1) is 6.10 Å². The summed E-state index contributed by atoms with van der Waals surface area (Å²) >= 11 is 0. The number of rotatable bonds is 7. The SMILES string of the molecule is C.CCC(N[C@H](C(=O)NO)[C@@H](C)O)c1ccc(-c2ccccc2)cc1. The minimum absolute atomic E-state index is 0. The van der Waals surface area contributed by atoms with Gasteiger partial charge in [0.1, 0.15) is 6.04 Å². The Morgan fingerprint density at radius 1 is 1.04 bits per heavy atom. The lowest BCUT2D eigenvalue weighted by atomic mass is 9.98. The van der Waals surface area contributed by atoms with Crippen LogP contribution in [0.15, 0.2) is 54.6 Å². The van der Waals surface area contributed by atoms with Gasteiger partial charge in [-0.05, 0) is 30.0 Å². The summed E-state index contributed by atoms with van der Waals surface area (Å²) in [6.07, 6.45) is -0.179. The average molecular weight is 344 g/mol. The maximum Gasteiger partial charge on any atom is 0.263 e. The predicted molar refractivity (Wildman–Crippen MR) is 100 cm³/mol. The Labute approximate surface area is 149 Å². The standard InChI is InChI=1S/C19H24N2O3.CH4/c1-3-17(20-18(13(2)22)19(23)21-24)16-11-9-15(10-12-16)14-7-5-4-6-8-14;/h4-13,17-18,20,22,24H,3H2,1-2H3,(H,21,23);1H4/t13-,17?,18+;/m1./s1. The number of carbonyl (C=O) groups excluding carboxylic acids is 1. The summed E-state index contributed by atoms with van der Waals surface area (Å²) in [5, 5.41) is 21.7. The van der Waals surface area contributed by atoms with E-state index in [0.29, 0.717) is 0 Å². The zero-order valence-electron chi connectivity index (χ0n) is 13.9. The second kappa shape index (κ2) is 9.93. The molecule has 1 amide bonds. The topological polar surface area (TPSA) is 81.6 Å². The van der Waals surface area contributed by atoms with Crippen molar-refractivity contribution in [2.24, 2.45) is 0 Å². The van der Waals surface area contributed by atoms with Gasteiger partial charge in [-0.25, -0.2) is 5.48 Å². The number of amides is 1. The van der Waals surface area contributed by atoms with Crippen LogP contribution in [0.25, 0.3) is 11.1 Å². The second-order valence-corrected chi connectivity index (χ2v) is 5.81. The number of carbonyl (C=O) groups is 1. The highest BCUT2D eigenvalue weighted by molar-refractivity contribution is 5.81. The Kier molecular flexibility index (Phi) is 8.28. The minimum atomic E-state index is -0.921. The summed E-state index contributed by atoms with van der Waals surface area (Å²) in [5.41, 5.74) is 4.88. The molecule has 0 aliphatic rings. The molecule has 0 aliphatic heterocycles. The van der Waals surface area contributed by atoms with Gasteiger partial charge in [-0.1, -0.05) is 68.9 Å². The fourth-order valence-corrected chi connectivity index (χ4v) is 2.71. The van der Waals surface area contributed by atoms with Gasteiger partial charge < -0.3 is 5.11 Å². The summed E-state index contributed by atoms with van der Waals surface area (Å²) in [4.78, 5) is 11.7. The third-order valence-electron chi connectivity index (χ3n) is 4.08. The van der Waals surface area contributed by atoms with E-state index in [-0.39, 0.29) is 13.5 Å². The highest BCUT2D eigenvalue weighted by Crippen LogP contribution is 2.23. The first-order valence-corrected chi connectivity index (χ1v) is 8.10. The molecule has 0 spiro atoms. The highest BCUT2D eigenvalue weighted by Gasteiger charge is 2.26. The predicted octanol–water partition coefficient (Wildman–Crippen LogP) is 3.29. The zero-order chi connectivity index (χ0) is 17.5. The molecule has 0 saturated heterocycles. The van der Waals surface area contributed by atoms with Crippen LogP contribution < -0.4 is 10.8 Å². The van der Waals surface area contributed by atoms with Crippen molar-refractivity contribution >= 4 is 5.91 Å². The molecule has 0 aliphatic carbocycles. The van der Waals surface area contributed by atoms with E-state index in [9.17, 15) is 9.90 Å². The molecule has 136 valence electrons. The highest BCUT2D eigenvalue weighted by atomic mass is 16.5. The monoisotopic (exact) mass is 344 g/mol. The van der Waals surface area contributed by atoms with Crippen molar-refractivity contribution in [1.29, 1.82) is 0 Å². The van der Waals surface area contributed by atoms with Crippen molar-refractivity contribution in [2.45, 2.75) is 45.9 Å². The molecule has 5 nitrogen and oxygen atoms in total. The normalized spacial score (nSPS) is 14.1. The number of hydroxylamine groups is 1. The van der Waals surface area contributed by atoms with Crippen molar-refractivity contribution in [3.8, 4) is 11.1 Å². The van der Waals surface area contributed by atoms with Gasteiger partial charge in [0.25, 0.3) is 5.91 Å². The van der Waals surface area contributed by atoms with Gasteiger partial charge in [-0.3, -0.25) is 15.3 Å². The quantitative estimate of drug-likeness (QED) is 0.459. The first kappa shape index (κ1) is 20.8. The maximum absolute atomic E-state index is 11.7. The van der Waals surface area contributed by atoms with Crippen LogP contribution in [0.2, 0.25) is 0 Å². The Bertz CT molecular complexity index is 642. The number of nitrogens with one attached hydrogen (secondary N) is 2. The lowest BCUT2D eigenvalue weighted by Gasteiger charge is -2.26. The molecule has 25 heavy (non-hydrogen) atoms. The molecule has 0 saturated carbocycles. The molecule has 1 unspecified atom stereocenters. The summed E-state index contributed by atoms with van der Waals surface area (Å²) < 4.78 is 0. The van der Waals surface area contributed by atoms with Gasteiger partial charge in [0.15, 0.2) is 0 Å². The van der Waals surface area contributed by atoms with Crippen LogP contribution in [0.5, 0.6) is 0 Å². The number of hydrogen-bond donors (Lipinski definition) is 4. The van der Waals surface area contributed by atoms with E-state index < -0.39 is 18.1 Å². The van der Waals surface area contributed by atoms with Gasteiger partial charge in [0, 0.05) is 6.04 Å². The number of benzene rings is 2. The van der Waals surface area contributed by atoms with E-state index in [0.717, 1.165) is 23.1 Å².